The molecular weight excluding hydrogens is 534 g/mol. The molecule has 0 aliphatic heterocycles. The van der Waals surface area contributed by atoms with E-state index in [2.05, 4.69) is 30.7 Å². The van der Waals surface area contributed by atoms with Gasteiger partial charge in [0.2, 0.25) is 11.9 Å². The molecule has 2 aliphatic rings. The maximum absolute atomic E-state index is 13.2. The van der Waals surface area contributed by atoms with Crippen molar-refractivity contribution in [3.63, 3.8) is 0 Å². The molecule has 2 aliphatic carbocycles. The zero-order valence-electron chi connectivity index (χ0n) is 20.3. The molecule has 3 heterocycles. The number of carbonyl (C=O) groups is 1. The lowest BCUT2D eigenvalue weighted by Gasteiger charge is -2.35. The minimum absolute atomic E-state index is 0.0287. The average molecular weight is 557 g/mol. The highest BCUT2D eigenvalue weighted by Crippen LogP contribution is 2.39. The van der Waals surface area contributed by atoms with E-state index in [0.29, 0.717) is 16.9 Å². The summed E-state index contributed by atoms with van der Waals surface area (Å²) in [5.41, 5.74) is -0.00854. The van der Waals surface area contributed by atoms with Crippen LogP contribution < -0.4 is 16.2 Å². The van der Waals surface area contributed by atoms with E-state index in [9.17, 15) is 26.8 Å². The van der Waals surface area contributed by atoms with Gasteiger partial charge in [-0.25, -0.2) is 18.7 Å². The van der Waals surface area contributed by atoms with Crippen LogP contribution in [0.1, 0.15) is 37.4 Å². The van der Waals surface area contributed by atoms with E-state index in [1.807, 2.05) is 0 Å². The van der Waals surface area contributed by atoms with Crippen molar-refractivity contribution < 1.29 is 22.0 Å². The standard InChI is InChI=1S/C24H22F2N8O4S/c25-24(26)9-17(10-24)30-23-27-11-15-3-8-20(36)33(22(15)31-23)12-19(35)29-16-4-6-18(7-5-16)39(37,38)34-13-28-21(32-34)14-1-2-14/h3-8,11,13-14,17H,1-2,9-10,12H2,(H,29,35)(H,27,30,31). The number of fused-ring (bicyclic) bond motifs is 1. The molecule has 202 valence electrons. The normalized spacial score (nSPS) is 17.1. The van der Waals surface area contributed by atoms with Crippen molar-refractivity contribution in [3.8, 4) is 0 Å². The van der Waals surface area contributed by atoms with Crippen LogP contribution in [0.25, 0.3) is 11.0 Å². The molecule has 1 amide bonds. The number of anilines is 2. The van der Waals surface area contributed by atoms with E-state index in [1.165, 1.54) is 48.9 Å². The van der Waals surface area contributed by atoms with Gasteiger partial charge in [-0.3, -0.25) is 14.2 Å². The monoisotopic (exact) mass is 556 g/mol. The summed E-state index contributed by atoms with van der Waals surface area (Å²) in [5, 5.41) is 10.0. The quantitative estimate of drug-likeness (QED) is 0.333. The summed E-state index contributed by atoms with van der Waals surface area (Å²) in [4.78, 5) is 37.8. The summed E-state index contributed by atoms with van der Waals surface area (Å²) in [7, 11) is -3.94. The molecule has 39 heavy (non-hydrogen) atoms. The van der Waals surface area contributed by atoms with Crippen LogP contribution in [0.2, 0.25) is 0 Å². The van der Waals surface area contributed by atoms with E-state index in [1.54, 1.807) is 0 Å². The molecule has 0 saturated heterocycles. The first-order valence-corrected chi connectivity index (χ1v) is 13.6. The zero-order chi connectivity index (χ0) is 27.4. The van der Waals surface area contributed by atoms with Crippen molar-refractivity contribution in [2.45, 2.75) is 55.0 Å². The second-order valence-electron chi connectivity index (χ2n) is 9.66. The largest absolute Gasteiger partial charge is 0.351 e. The van der Waals surface area contributed by atoms with Crippen LogP contribution in [0.4, 0.5) is 20.4 Å². The number of halogens is 2. The van der Waals surface area contributed by atoms with Crippen molar-refractivity contribution in [3.05, 3.63) is 65.1 Å². The van der Waals surface area contributed by atoms with Crippen molar-refractivity contribution in [2.24, 2.45) is 0 Å². The van der Waals surface area contributed by atoms with Gasteiger partial charge in [-0.05, 0) is 43.2 Å². The Bertz CT molecular complexity index is 1740. The van der Waals surface area contributed by atoms with Gasteiger partial charge in [0.05, 0.1) is 4.90 Å². The van der Waals surface area contributed by atoms with Gasteiger partial charge in [-0.1, -0.05) is 0 Å². The number of alkyl halides is 2. The van der Waals surface area contributed by atoms with E-state index < -0.39 is 40.0 Å². The topological polar surface area (TPSA) is 154 Å². The Morgan fingerprint density at radius 1 is 1.08 bits per heavy atom. The molecule has 2 saturated carbocycles. The molecule has 1 aromatic carbocycles. The van der Waals surface area contributed by atoms with Gasteiger partial charge in [0.1, 0.15) is 18.5 Å². The van der Waals surface area contributed by atoms with Gasteiger partial charge >= 0.3 is 0 Å². The van der Waals surface area contributed by atoms with Gasteiger partial charge in [-0.2, -0.15) is 13.4 Å². The number of pyridine rings is 1. The fourth-order valence-electron chi connectivity index (χ4n) is 4.31. The van der Waals surface area contributed by atoms with Crippen LogP contribution in [0.15, 0.2) is 58.6 Å². The first kappa shape index (κ1) is 25.0. The van der Waals surface area contributed by atoms with Crippen molar-refractivity contribution in [1.29, 1.82) is 0 Å². The van der Waals surface area contributed by atoms with Crippen molar-refractivity contribution in [2.75, 3.05) is 10.6 Å². The number of hydrogen-bond acceptors (Lipinski definition) is 9. The van der Waals surface area contributed by atoms with Gasteiger partial charge in [-0.15, -0.1) is 9.19 Å². The third-order valence-corrected chi connectivity index (χ3v) is 8.10. The van der Waals surface area contributed by atoms with E-state index >= 15 is 0 Å². The van der Waals surface area contributed by atoms with Gasteiger partial charge in [0.25, 0.3) is 21.5 Å². The summed E-state index contributed by atoms with van der Waals surface area (Å²) in [6.45, 7) is -0.392. The van der Waals surface area contributed by atoms with Crippen molar-refractivity contribution in [1.82, 2.24) is 28.7 Å². The average Bonchev–Trinajstić information content (AvgIpc) is 3.60. The van der Waals surface area contributed by atoms with Crippen LogP contribution in [0.5, 0.6) is 0 Å². The number of rotatable bonds is 8. The number of amides is 1. The Labute approximate surface area is 220 Å². The SMILES string of the molecule is O=C(Cn1c(=O)ccc2cnc(NC3CC(F)(F)C3)nc21)Nc1ccc(S(=O)(=O)n2cnc(C3CC3)n2)cc1. The van der Waals surface area contributed by atoms with Crippen LogP contribution in [0.3, 0.4) is 0 Å². The van der Waals surface area contributed by atoms with Crippen LogP contribution in [-0.2, 0) is 21.4 Å². The highest BCUT2D eigenvalue weighted by molar-refractivity contribution is 7.89. The van der Waals surface area contributed by atoms with Gasteiger partial charge < -0.3 is 10.6 Å². The number of nitrogens with zero attached hydrogens (tertiary/aromatic N) is 6. The molecule has 0 unspecified atom stereocenters. The Morgan fingerprint density at radius 3 is 2.51 bits per heavy atom. The molecule has 2 N–H and O–H groups in total. The first-order chi connectivity index (χ1) is 18.6. The third-order valence-electron chi connectivity index (χ3n) is 6.56. The Balaban J connectivity index is 1.16. The molecule has 4 aromatic rings. The highest BCUT2D eigenvalue weighted by Gasteiger charge is 2.45. The maximum atomic E-state index is 13.2. The van der Waals surface area contributed by atoms with Crippen LogP contribution in [-0.4, -0.2) is 55.0 Å². The smallest absolute Gasteiger partial charge is 0.284 e. The summed E-state index contributed by atoms with van der Waals surface area (Å²) in [6, 6.07) is 7.82. The first-order valence-electron chi connectivity index (χ1n) is 12.2. The minimum atomic E-state index is -3.94. The Hall–Kier alpha value is -4.27. The minimum Gasteiger partial charge on any atom is -0.351 e. The number of aromatic nitrogens is 6. The lowest BCUT2D eigenvalue weighted by atomic mass is 9.88. The summed E-state index contributed by atoms with van der Waals surface area (Å²) >= 11 is 0. The van der Waals surface area contributed by atoms with Crippen LogP contribution >= 0.6 is 0 Å². The van der Waals surface area contributed by atoms with Crippen LogP contribution in [0, 0.1) is 0 Å². The molecular formula is C24H22F2N8O4S. The summed E-state index contributed by atoms with van der Waals surface area (Å²) in [6.07, 6.45) is 3.83. The predicted octanol–water partition coefficient (Wildman–Crippen LogP) is 2.35. The molecule has 0 radical (unpaired) electrons. The number of nitrogens with one attached hydrogen (secondary N) is 2. The second-order valence-corrected chi connectivity index (χ2v) is 11.5. The fraction of sp³-hybridized carbons (Fsp3) is 0.333. The molecule has 6 rings (SSSR count). The van der Waals surface area contributed by atoms with E-state index in [0.717, 1.165) is 21.5 Å². The molecule has 0 spiro atoms. The summed E-state index contributed by atoms with van der Waals surface area (Å²) < 4.78 is 54.0. The predicted molar refractivity (Wildman–Crippen MR) is 135 cm³/mol. The molecule has 0 atom stereocenters. The molecule has 12 nitrogen and oxygen atoms in total. The van der Waals surface area contributed by atoms with E-state index in [4.69, 9.17) is 0 Å². The highest BCUT2D eigenvalue weighted by atomic mass is 32.2. The lowest BCUT2D eigenvalue weighted by Crippen LogP contribution is -2.44. The second kappa shape index (κ2) is 9.18. The molecule has 3 aromatic heterocycles. The Morgan fingerprint density at radius 2 is 1.82 bits per heavy atom. The molecule has 15 heteroatoms. The van der Waals surface area contributed by atoms with Crippen molar-refractivity contribution >= 4 is 38.6 Å². The number of hydrogen-bond donors (Lipinski definition) is 2. The summed E-state index contributed by atoms with van der Waals surface area (Å²) in [5.74, 6) is -2.48. The molecule has 2 fully saturated rings. The number of carbonyl (C=O) groups excluding carboxylic acids is 1. The van der Waals surface area contributed by atoms with Gasteiger partial charge in [0.15, 0.2) is 5.82 Å². The third kappa shape index (κ3) is 5.08. The Kier molecular flexibility index (Phi) is 5.89. The number of benzene rings is 1. The fourth-order valence-corrected chi connectivity index (χ4v) is 5.37. The zero-order valence-corrected chi connectivity index (χ0v) is 21.1. The lowest BCUT2D eigenvalue weighted by molar-refractivity contribution is -0.116. The van der Waals surface area contributed by atoms with E-state index in [-0.39, 0.29) is 35.3 Å². The maximum Gasteiger partial charge on any atom is 0.284 e. The van der Waals surface area contributed by atoms with Gasteiger partial charge in [0, 0.05) is 48.1 Å². The molecule has 0 bridgehead atoms.